The zero-order valence-electron chi connectivity index (χ0n) is 32.1. The number of ketones is 2. The highest BCUT2D eigenvalue weighted by molar-refractivity contribution is 7.99. The van der Waals surface area contributed by atoms with Crippen molar-refractivity contribution in [2.45, 2.75) is 88.2 Å². The molecule has 1 atom stereocenters. The van der Waals surface area contributed by atoms with Crippen LogP contribution in [0.4, 0.5) is 11.4 Å². The second-order valence-electron chi connectivity index (χ2n) is 15.5. The number of para-hydroxylation sites is 1. The average molecular weight is 750 g/mol. The second-order valence-corrected chi connectivity index (χ2v) is 16.5. The van der Waals surface area contributed by atoms with Crippen molar-refractivity contribution in [2.24, 2.45) is 0 Å². The van der Waals surface area contributed by atoms with Crippen LogP contribution >= 0.6 is 11.8 Å². The first-order chi connectivity index (χ1) is 26.4. The Morgan fingerprint density at radius 3 is 2.04 bits per heavy atom. The van der Waals surface area contributed by atoms with Crippen molar-refractivity contribution >= 4 is 46.5 Å². The average Bonchev–Trinajstić information content (AvgIpc) is 3.17. The van der Waals surface area contributed by atoms with Gasteiger partial charge in [-0.2, -0.15) is 0 Å². The Bertz CT molecular complexity index is 2290. The Balaban J connectivity index is 1.17. The van der Waals surface area contributed by atoms with Gasteiger partial charge in [-0.05, 0) is 85.8 Å². The summed E-state index contributed by atoms with van der Waals surface area (Å²) in [5.74, 6) is -1.19. The van der Waals surface area contributed by atoms with Gasteiger partial charge in [0.2, 0.25) is 11.8 Å². The largest absolute Gasteiger partial charge is 0.349 e. The first-order valence-corrected chi connectivity index (χ1v) is 19.9. The molecule has 7 nitrogen and oxygen atoms in total. The smallest absolute Gasteiger partial charge is 0.247 e. The number of unbranched alkanes of at least 4 members (excludes halogenated alkanes) is 3. The predicted octanol–water partition coefficient (Wildman–Crippen LogP) is 10.3. The van der Waals surface area contributed by atoms with E-state index >= 15 is 0 Å². The third-order valence-electron chi connectivity index (χ3n) is 10.2. The SMILES string of the molecule is CCCCCCN1c2ccccc2Sc2cc(-c3ccc(CN(C(C)=O)C(C(=O)NC(C)(C)C)c4ccc5c(c4)C(=O)c4ccccc4C5=O)cc3)ccc21. The van der Waals surface area contributed by atoms with Crippen LogP contribution in [0.1, 0.15) is 109 Å². The predicted molar refractivity (Wildman–Crippen MR) is 220 cm³/mol. The van der Waals surface area contributed by atoms with E-state index in [0.29, 0.717) is 16.7 Å². The highest BCUT2D eigenvalue weighted by atomic mass is 32.2. The maximum absolute atomic E-state index is 14.1. The molecular weight excluding hydrogens is 703 g/mol. The zero-order valence-corrected chi connectivity index (χ0v) is 33.0. The fraction of sp³-hybridized carbons (Fsp3) is 0.277. The summed E-state index contributed by atoms with van der Waals surface area (Å²) in [4.78, 5) is 61.0. The lowest BCUT2D eigenvalue weighted by Crippen LogP contribution is -2.48. The van der Waals surface area contributed by atoms with Gasteiger partial charge in [0.1, 0.15) is 6.04 Å². The van der Waals surface area contributed by atoms with E-state index < -0.39 is 11.6 Å². The molecule has 0 aromatic heterocycles. The van der Waals surface area contributed by atoms with E-state index in [-0.39, 0.29) is 41.1 Å². The molecule has 0 saturated carbocycles. The number of amides is 2. The third-order valence-corrected chi connectivity index (χ3v) is 11.3. The van der Waals surface area contributed by atoms with E-state index in [4.69, 9.17) is 0 Å². The summed E-state index contributed by atoms with van der Waals surface area (Å²) in [6, 6.07) is 34.0. The van der Waals surface area contributed by atoms with Gasteiger partial charge in [-0.3, -0.25) is 19.2 Å². The minimum absolute atomic E-state index is 0.161. The van der Waals surface area contributed by atoms with Crippen LogP contribution < -0.4 is 10.2 Å². The third kappa shape index (κ3) is 7.87. The minimum Gasteiger partial charge on any atom is -0.349 e. The number of nitrogens with zero attached hydrogens (tertiary/aromatic N) is 2. The lowest BCUT2D eigenvalue weighted by atomic mass is 9.82. The van der Waals surface area contributed by atoms with E-state index in [9.17, 15) is 19.2 Å². The highest BCUT2D eigenvalue weighted by Crippen LogP contribution is 2.49. The van der Waals surface area contributed by atoms with Gasteiger partial charge in [0.15, 0.2) is 11.6 Å². The van der Waals surface area contributed by atoms with Crippen LogP contribution in [-0.2, 0) is 16.1 Å². The van der Waals surface area contributed by atoms with Crippen LogP contribution in [0, 0.1) is 0 Å². The molecule has 5 aromatic rings. The van der Waals surface area contributed by atoms with E-state index in [1.807, 2.05) is 32.9 Å². The molecule has 0 radical (unpaired) electrons. The van der Waals surface area contributed by atoms with Crippen LogP contribution in [0.25, 0.3) is 11.1 Å². The summed E-state index contributed by atoms with van der Waals surface area (Å²) in [5.41, 5.74) is 6.59. The summed E-state index contributed by atoms with van der Waals surface area (Å²) >= 11 is 1.80. The number of rotatable bonds is 11. The van der Waals surface area contributed by atoms with Crippen molar-refractivity contribution in [3.63, 3.8) is 0 Å². The summed E-state index contributed by atoms with van der Waals surface area (Å²) in [6.07, 6.45) is 4.81. The van der Waals surface area contributed by atoms with Crippen LogP contribution in [0.3, 0.4) is 0 Å². The normalized spacial score (nSPS) is 13.7. The van der Waals surface area contributed by atoms with Crippen molar-refractivity contribution < 1.29 is 19.2 Å². The maximum Gasteiger partial charge on any atom is 0.247 e. The fourth-order valence-electron chi connectivity index (χ4n) is 7.53. The molecule has 1 unspecified atom stereocenters. The van der Waals surface area contributed by atoms with E-state index in [1.165, 1.54) is 52.3 Å². The van der Waals surface area contributed by atoms with E-state index in [0.717, 1.165) is 29.7 Å². The number of anilines is 2. The van der Waals surface area contributed by atoms with Gasteiger partial charge in [-0.15, -0.1) is 0 Å². The number of carbonyl (C=O) groups excluding carboxylic acids is 4. The molecule has 2 amide bonds. The van der Waals surface area contributed by atoms with Crippen LogP contribution in [0.2, 0.25) is 0 Å². The lowest BCUT2D eigenvalue weighted by Gasteiger charge is -2.34. The molecule has 0 fully saturated rings. The molecule has 280 valence electrons. The molecule has 7 rings (SSSR count). The molecule has 1 N–H and O–H groups in total. The molecule has 0 spiro atoms. The van der Waals surface area contributed by atoms with Crippen LogP contribution in [0.15, 0.2) is 119 Å². The zero-order chi connectivity index (χ0) is 38.9. The Morgan fingerprint density at radius 2 is 1.35 bits per heavy atom. The molecule has 0 bridgehead atoms. The minimum atomic E-state index is -1.05. The molecule has 1 aliphatic carbocycles. The Hall–Kier alpha value is -5.47. The fourth-order valence-corrected chi connectivity index (χ4v) is 8.67. The second kappa shape index (κ2) is 15.7. The molecule has 0 saturated heterocycles. The number of nitrogens with one attached hydrogen (secondary N) is 1. The monoisotopic (exact) mass is 749 g/mol. The van der Waals surface area contributed by atoms with Gasteiger partial charge >= 0.3 is 0 Å². The summed E-state index contributed by atoms with van der Waals surface area (Å²) in [7, 11) is 0. The van der Waals surface area contributed by atoms with Gasteiger partial charge in [0, 0.05) is 57.6 Å². The summed E-state index contributed by atoms with van der Waals surface area (Å²) in [6.45, 7) is 10.5. The molecule has 55 heavy (non-hydrogen) atoms. The highest BCUT2D eigenvalue weighted by Gasteiger charge is 2.35. The van der Waals surface area contributed by atoms with Crippen molar-refractivity contribution in [1.29, 1.82) is 0 Å². The van der Waals surface area contributed by atoms with E-state index in [2.05, 4.69) is 71.7 Å². The number of carbonyl (C=O) groups is 4. The summed E-state index contributed by atoms with van der Waals surface area (Å²) < 4.78 is 0. The number of hydrogen-bond donors (Lipinski definition) is 1. The van der Waals surface area contributed by atoms with Crippen molar-refractivity contribution in [1.82, 2.24) is 10.2 Å². The van der Waals surface area contributed by atoms with E-state index in [1.54, 1.807) is 54.2 Å². The van der Waals surface area contributed by atoms with Gasteiger partial charge < -0.3 is 15.1 Å². The molecule has 1 aliphatic heterocycles. The van der Waals surface area contributed by atoms with Crippen LogP contribution in [0.5, 0.6) is 0 Å². The number of hydrogen-bond acceptors (Lipinski definition) is 6. The van der Waals surface area contributed by atoms with Gasteiger partial charge in [0.25, 0.3) is 0 Å². The molecule has 5 aromatic carbocycles. The quantitative estimate of drug-likeness (QED) is 0.133. The standard InChI is InChI=1S/C47H47N3O4S/c1-6-7-8-13-26-49-39-16-11-12-17-41(39)55-42-28-33(23-25-40(42)49)32-20-18-31(19-21-32)29-50(30(2)51)43(46(54)48-47(3,4)5)34-22-24-37-38(27-34)45(53)36-15-10-9-14-35(36)44(37)52/h9-12,14-25,27-28,43H,6-8,13,26,29H2,1-5H3,(H,48,54). The van der Waals surface area contributed by atoms with Gasteiger partial charge in [-0.1, -0.05) is 111 Å². The molecule has 1 heterocycles. The van der Waals surface area contributed by atoms with Crippen molar-refractivity contribution in [3.05, 3.63) is 143 Å². The van der Waals surface area contributed by atoms with Gasteiger partial charge in [0.05, 0.1) is 11.4 Å². The van der Waals surface area contributed by atoms with Crippen molar-refractivity contribution in [2.75, 3.05) is 11.4 Å². The Labute approximate surface area is 328 Å². The molecule has 8 heteroatoms. The lowest BCUT2D eigenvalue weighted by molar-refractivity contribution is -0.140. The number of fused-ring (bicyclic) bond motifs is 4. The Morgan fingerprint density at radius 1 is 0.709 bits per heavy atom. The Kier molecular flexibility index (Phi) is 10.8. The molecular formula is C47H47N3O4S. The number of benzene rings is 5. The van der Waals surface area contributed by atoms with Crippen molar-refractivity contribution in [3.8, 4) is 11.1 Å². The topological polar surface area (TPSA) is 86.8 Å². The first-order valence-electron chi connectivity index (χ1n) is 19.1. The van der Waals surface area contributed by atoms with Gasteiger partial charge in [-0.25, -0.2) is 0 Å². The summed E-state index contributed by atoms with van der Waals surface area (Å²) in [5, 5.41) is 3.05. The first kappa shape index (κ1) is 37.8. The molecule has 2 aliphatic rings. The maximum atomic E-state index is 14.1. The van der Waals surface area contributed by atoms with Crippen LogP contribution in [-0.4, -0.2) is 40.4 Å².